The molecule has 1 saturated carbocycles. The number of Topliss-reactive ketones (excluding diaryl/α,β-unsaturated/α-hetero) is 1. The second-order valence-corrected chi connectivity index (χ2v) is 8.22. The molecular formula is C25H28N2O4. The van der Waals surface area contributed by atoms with Crippen molar-refractivity contribution in [2.45, 2.75) is 32.1 Å². The number of carbonyl (C=O) groups excluding carboxylic acids is 2. The highest BCUT2D eigenvalue weighted by Gasteiger charge is 2.35. The molecule has 2 unspecified atom stereocenters. The largest absolute Gasteiger partial charge is 0.508 e. The van der Waals surface area contributed by atoms with Crippen molar-refractivity contribution in [1.82, 2.24) is 10.3 Å². The summed E-state index contributed by atoms with van der Waals surface area (Å²) in [4.78, 5) is 28.9. The molecular weight excluding hydrogens is 392 g/mol. The topological polar surface area (TPSA) is 91.4 Å². The van der Waals surface area contributed by atoms with Crippen LogP contribution in [0.3, 0.4) is 0 Å². The Bertz CT molecular complexity index is 1070. The summed E-state index contributed by atoms with van der Waals surface area (Å²) >= 11 is 0. The number of amides is 1. The number of hydrogen-bond acceptors (Lipinski definition) is 4. The van der Waals surface area contributed by atoms with E-state index >= 15 is 0 Å². The van der Waals surface area contributed by atoms with Gasteiger partial charge in [0, 0.05) is 29.6 Å². The summed E-state index contributed by atoms with van der Waals surface area (Å²) in [7, 11) is 1.64. The van der Waals surface area contributed by atoms with Crippen LogP contribution >= 0.6 is 0 Å². The summed E-state index contributed by atoms with van der Waals surface area (Å²) in [6.45, 7) is 0.482. The van der Waals surface area contributed by atoms with Crippen LogP contribution in [0.2, 0.25) is 0 Å². The van der Waals surface area contributed by atoms with E-state index in [4.69, 9.17) is 4.74 Å². The molecule has 1 amide bonds. The van der Waals surface area contributed by atoms with Gasteiger partial charge in [0.05, 0.1) is 13.0 Å². The zero-order chi connectivity index (χ0) is 21.8. The van der Waals surface area contributed by atoms with Gasteiger partial charge in [-0.05, 0) is 67.1 Å². The zero-order valence-electron chi connectivity index (χ0n) is 17.7. The number of hydrogen-bond donors (Lipinski definition) is 3. The smallest absolute Gasteiger partial charge is 0.230 e. The first-order valence-corrected chi connectivity index (χ1v) is 10.8. The minimum absolute atomic E-state index is 0.0358. The zero-order valence-corrected chi connectivity index (χ0v) is 17.7. The number of phenolic OH excluding ortho intramolecular Hbond substituents is 1. The van der Waals surface area contributed by atoms with Gasteiger partial charge in [-0.1, -0.05) is 18.6 Å². The fourth-order valence-electron chi connectivity index (χ4n) is 4.45. The van der Waals surface area contributed by atoms with Crippen molar-refractivity contribution in [3.8, 4) is 11.5 Å². The highest BCUT2D eigenvalue weighted by Crippen LogP contribution is 2.29. The number of phenols is 1. The summed E-state index contributed by atoms with van der Waals surface area (Å²) in [5, 5.41) is 13.5. The SMILES string of the molecule is COc1ccc2[nH]cc(CCNC(=O)C3CCCC(Cc4ccc(O)cc4)C3=O)c2c1. The molecule has 6 nitrogen and oxygen atoms in total. The number of aromatic nitrogens is 1. The van der Waals surface area contributed by atoms with Crippen molar-refractivity contribution in [2.75, 3.05) is 13.7 Å². The third-order valence-corrected chi connectivity index (χ3v) is 6.19. The van der Waals surface area contributed by atoms with Gasteiger partial charge in [-0.15, -0.1) is 0 Å². The van der Waals surface area contributed by atoms with E-state index in [0.29, 0.717) is 25.8 Å². The molecule has 162 valence electrons. The van der Waals surface area contributed by atoms with Crippen LogP contribution in [0.1, 0.15) is 30.4 Å². The first-order chi connectivity index (χ1) is 15.0. The first kappa shape index (κ1) is 21.0. The van der Waals surface area contributed by atoms with Gasteiger partial charge >= 0.3 is 0 Å². The van der Waals surface area contributed by atoms with Crippen molar-refractivity contribution < 1.29 is 19.4 Å². The Morgan fingerprint density at radius 3 is 2.77 bits per heavy atom. The minimum atomic E-state index is -0.570. The van der Waals surface area contributed by atoms with Crippen molar-refractivity contribution in [3.63, 3.8) is 0 Å². The molecule has 0 bridgehead atoms. The maximum atomic E-state index is 12.9. The standard InChI is InChI=1S/C25H28N2O4/c1-31-20-9-10-23-22(14-20)18(15-27-23)11-12-26-25(30)21-4-2-3-17(24(21)29)13-16-5-7-19(28)8-6-16/h5-10,14-15,17,21,27-28H,2-4,11-13H2,1H3,(H,26,30). The second-order valence-electron chi connectivity index (χ2n) is 8.22. The molecule has 2 aromatic carbocycles. The van der Waals surface area contributed by atoms with Crippen molar-refractivity contribution >= 4 is 22.6 Å². The summed E-state index contributed by atoms with van der Waals surface area (Å²) < 4.78 is 5.31. The van der Waals surface area contributed by atoms with E-state index < -0.39 is 5.92 Å². The van der Waals surface area contributed by atoms with Crippen LogP contribution in [0.5, 0.6) is 11.5 Å². The third-order valence-electron chi connectivity index (χ3n) is 6.19. The number of benzene rings is 2. The molecule has 2 atom stereocenters. The Kier molecular flexibility index (Phi) is 6.26. The van der Waals surface area contributed by atoms with Crippen LogP contribution in [0.15, 0.2) is 48.7 Å². The number of rotatable bonds is 7. The average Bonchev–Trinajstić information content (AvgIpc) is 3.18. The Balaban J connectivity index is 1.34. The van der Waals surface area contributed by atoms with Crippen molar-refractivity contribution in [3.05, 3.63) is 59.8 Å². The molecule has 4 rings (SSSR count). The maximum Gasteiger partial charge on any atom is 0.230 e. The van der Waals surface area contributed by atoms with E-state index in [1.807, 2.05) is 36.5 Å². The Morgan fingerprint density at radius 1 is 1.19 bits per heavy atom. The van der Waals surface area contributed by atoms with E-state index in [-0.39, 0.29) is 23.4 Å². The number of fused-ring (bicyclic) bond motifs is 1. The number of H-pyrrole nitrogens is 1. The fourth-order valence-corrected chi connectivity index (χ4v) is 4.45. The number of methoxy groups -OCH3 is 1. The minimum Gasteiger partial charge on any atom is -0.508 e. The molecule has 1 fully saturated rings. The van der Waals surface area contributed by atoms with Crippen LogP contribution in [-0.4, -0.2) is 35.4 Å². The second kappa shape index (κ2) is 9.25. The van der Waals surface area contributed by atoms with Crippen LogP contribution < -0.4 is 10.1 Å². The Hall–Kier alpha value is -3.28. The normalized spacial score (nSPS) is 18.8. The number of aromatic hydroxyl groups is 1. The lowest BCUT2D eigenvalue weighted by Gasteiger charge is -2.27. The van der Waals surface area contributed by atoms with E-state index in [1.165, 1.54) is 0 Å². The molecule has 0 saturated heterocycles. The fraction of sp³-hybridized carbons (Fsp3) is 0.360. The first-order valence-electron chi connectivity index (χ1n) is 10.8. The summed E-state index contributed by atoms with van der Waals surface area (Å²) in [6.07, 6.45) is 5.53. The van der Waals surface area contributed by atoms with Gasteiger partial charge in [-0.25, -0.2) is 0 Å². The van der Waals surface area contributed by atoms with E-state index in [1.54, 1.807) is 19.2 Å². The summed E-state index contributed by atoms with van der Waals surface area (Å²) in [6, 6.07) is 12.8. The number of nitrogens with one attached hydrogen (secondary N) is 2. The molecule has 6 heteroatoms. The predicted octanol–water partition coefficient (Wildman–Crippen LogP) is 3.77. The monoisotopic (exact) mass is 420 g/mol. The average molecular weight is 421 g/mol. The molecule has 0 aliphatic heterocycles. The molecule has 0 radical (unpaired) electrons. The molecule has 1 aliphatic rings. The van der Waals surface area contributed by atoms with Gasteiger partial charge in [0.2, 0.25) is 5.91 Å². The molecule has 1 heterocycles. The van der Waals surface area contributed by atoms with Crippen molar-refractivity contribution in [2.24, 2.45) is 11.8 Å². The van der Waals surface area contributed by atoms with Gasteiger partial charge < -0.3 is 20.1 Å². The highest BCUT2D eigenvalue weighted by molar-refractivity contribution is 6.03. The van der Waals surface area contributed by atoms with Gasteiger partial charge in [0.1, 0.15) is 17.3 Å². The van der Waals surface area contributed by atoms with Gasteiger partial charge in [0.25, 0.3) is 0 Å². The lowest BCUT2D eigenvalue weighted by atomic mass is 9.77. The Morgan fingerprint density at radius 2 is 2.00 bits per heavy atom. The number of ether oxygens (including phenoxy) is 1. The molecule has 1 aliphatic carbocycles. The predicted molar refractivity (Wildman–Crippen MR) is 119 cm³/mol. The van der Waals surface area contributed by atoms with Gasteiger partial charge in [-0.3, -0.25) is 9.59 Å². The van der Waals surface area contributed by atoms with E-state index in [2.05, 4.69) is 10.3 Å². The third kappa shape index (κ3) is 4.74. The van der Waals surface area contributed by atoms with Crippen LogP contribution in [-0.2, 0) is 22.4 Å². The number of ketones is 1. The highest BCUT2D eigenvalue weighted by atomic mass is 16.5. The molecule has 1 aromatic heterocycles. The molecule has 3 N–H and O–H groups in total. The van der Waals surface area contributed by atoms with Crippen molar-refractivity contribution in [1.29, 1.82) is 0 Å². The van der Waals surface area contributed by atoms with E-state index in [9.17, 15) is 14.7 Å². The van der Waals surface area contributed by atoms with Gasteiger partial charge in [0.15, 0.2) is 0 Å². The lowest BCUT2D eigenvalue weighted by Crippen LogP contribution is -2.41. The Labute approximate surface area is 181 Å². The number of carbonyl (C=O) groups is 2. The summed E-state index contributed by atoms with van der Waals surface area (Å²) in [5.74, 6) is 0.162. The molecule has 0 spiro atoms. The molecule has 3 aromatic rings. The maximum absolute atomic E-state index is 12.9. The lowest BCUT2D eigenvalue weighted by molar-refractivity contribution is -0.138. The van der Waals surface area contributed by atoms with Crippen LogP contribution in [0, 0.1) is 11.8 Å². The van der Waals surface area contributed by atoms with Crippen LogP contribution in [0.25, 0.3) is 10.9 Å². The van der Waals surface area contributed by atoms with Gasteiger partial charge in [-0.2, -0.15) is 0 Å². The number of aromatic amines is 1. The van der Waals surface area contributed by atoms with Crippen LogP contribution in [0.4, 0.5) is 0 Å². The summed E-state index contributed by atoms with van der Waals surface area (Å²) in [5.41, 5.74) is 3.14. The molecule has 31 heavy (non-hydrogen) atoms. The van der Waals surface area contributed by atoms with E-state index in [0.717, 1.165) is 40.6 Å². The quantitative estimate of drug-likeness (QED) is 0.508.